The lowest BCUT2D eigenvalue weighted by Crippen LogP contribution is -2.32. The van der Waals surface area contributed by atoms with Crippen molar-refractivity contribution in [2.75, 3.05) is 18.9 Å². The van der Waals surface area contributed by atoms with Crippen LogP contribution in [-0.4, -0.2) is 27.7 Å². The number of sulfonamides is 1. The first-order valence-corrected chi connectivity index (χ1v) is 7.24. The van der Waals surface area contributed by atoms with Gasteiger partial charge in [0.05, 0.1) is 11.8 Å². The first-order valence-electron chi connectivity index (χ1n) is 5.76. The van der Waals surface area contributed by atoms with Gasteiger partial charge in [-0.2, -0.15) is 0 Å². The second kappa shape index (κ2) is 5.40. The molecule has 0 amide bonds. The van der Waals surface area contributed by atoms with Gasteiger partial charge in [-0.15, -0.1) is 0 Å². The molecule has 3 N–H and O–H groups in total. The standard InChI is InChI=1S/C11H14F2N2O3S/c12-8-4-9(13)11(5-10(8)14)19(16,17)15-6-7-2-1-3-18-7/h4-5,7,15H,1-3,6,14H2. The maximum absolute atomic E-state index is 13.5. The second-order valence-corrected chi connectivity index (χ2v) is 6.03. The molecule has 8 heteroatoms. The summed E-state index contributed by atoms with van der Waals surface area (Å²) < 4.78 is 57.7. The molecule has 1 aromatic carbocycles. The van der Waals surface area contributed by atoms with Crippen LogP contribution < -0.4 is 10.5 Å². The summed E-state index contributed by atoms with van der Waals surface area (Å²) in [5, 5.41) is 0. The fourth-order valence-electron chi connectivity index (χ4n) is 1.84. The molecule has 1 heterocycles. The molecular weight excluding hydrogens is 278 g/mol. The van der Waals surface area contributed by atoms with E-state index in [1.807, 2.05) is 0 Å². The molecule has 5 nitrogen and oxygen atoms in total. The molecule has 19 heavy (non-hydrogen) atoms. The largest absolute Gasteiger partial charge is 0.396 e. The van der Waals surface area contributed by atoms with Crippen molar-refractivity contribution in [3.05, 3.63) is 23.8 Å². The summed E-state index contributed by atoms with van der Waals surface area (Å²) in [4.78, 5) is -0.663. The van der Waals surface area contributed by atoms with Gasteiger partial charge in [0, 0.05) is 19.2 Å². The molecule has 0 saturated carbocycles. The van der Waals surface area contributed by atoms with Crippen LogP contribution >= 0.6 is 0 Å². The monoisotopic (exact) mass is 292 g/mol. The van der Waals surface area contributed by atoms with Gasteiger partial charge in [-0.25, -0.2) is 21.9 Å². The van der Waals surface area contributed by atoms with Crippen molar-refractivity contribution in [2.24, 2.45) is 0 Å². The van der Waals surface area contributed by atoms with E-state index < -0.39 is 32.2 Å². The molecule has 0 aliphatic carbocycles. The fraction of sp³-hybridized carbons (Fsp3) is 0.455. The number of anilines is 1. The van der Waals surface area contributed by atoms with Gasteiger partial charge in [0.2, 0.25) is 10.0 Å². The quantitative estimate of drug-likeness (QED) is 0.811. The number of ether oxygens (including phenoxy) is 1. The van der Waals surface area contributed by atoms with Crippen molar-refractivity contribution in [1.82, 2.24) is 4.72 Å². The van der Waals surface area contributed by atoms with E-state index >= 15 is 0 Å². The number of benzene rings is 1. The van der Waals surface area contributed by atoms with E-state index in [2.05, 4.69) is 4.72 Å². The van der Waals surface area contributed by atoms with Crippen molar-refractivity contribution in [3.8, 4) is 0 Å². The summed E-state index contributed by atoms with van der Waals surface area (Å²) in [7, 11) is -4.07. The van der Waals surface area contributed by atoms with Crippen LogP contribution in [0.4, 0.5) is 14.5 Å². The highest BCUT2D eigenvalue weighted by atomic mass is 32.2. The minimum absolute atomic E-state index is 0.0546. The van der Waals surface area contributed by atoms with Gasteiger partial charge in [-0.3, -0.25) is 0 Å². The van der Waals surface area contributed by atoms with Crippen molar-refractivity contribution in [2.45, 2.75) is 23.8 Å². The van der Waals surface area contributed by atoms with Gasteiger partial charge >= 0.3 is 0 Å². The zero-order chi connectivity index (χ0) is 14.0. The summed E-state index contributed by atoms with van der Waals surface area (Å²) in [5.74, 6) is -2.16. The minimum atomic E-state index is -4.07. The average Bonchev–Trinajstić information content (AvgIpc) is 2.84. The predicted octanol–water partition coefficient (Wildman–Crippen LogP) is 1.00. The van der Waals surface area contributed by atoms with Gasteiger partial charge in [-0.1, -0.05) is 0 Å². The topological polar surface area (TPSA) is 81.4 Å². The number of hydrogen-bond donors (Lipinski definition) is 2. The molecule has 2 rings (SSSR count). The van der Waals surface area contributed by atoms with Gasteiger partial charge in [0.25, 0.3) is 0 Å². The molecule has 106 valence electrons. The smallest absolute Gasteiger partial charge is 0.243 e. The highest BCUT2D eigenvalue weighted by Gasteiger charge is 2.24. The molecule has 0 aromatic heterocycles. The first kappa shape index (κ1) is 14.2. The molecule has 1 saturated heterocycles. The Kier molecular flexibility index (Phi) is 4.02. The maximum Gasteiger partial charge on any atom is 0.243 e. The van der Waals surface area contributed by atoms with Crippen LogP contribution in [0.3, 0.4) is 0 Å². The van der Waals surface area contributed by atoms with E-state index in [0.717, 1.165) is 18.9 Å². The van der Waals surface area contributed by atoms with Crippen molar-refractivity contribution in [1.29, 1.82) is 0 Å². The zero-order valence-electron chi connectivity index (χ0n) is 10.0. The van der Waals surface area contributed by atoms with E-state index in [4.69, 9.17) is 10.5 Å². The normalized spacial score (nSPS) is 19.8. The summed E-state index contributed by atoms with van der Waals surface area (Å²) in [5.41, 5.74) is 4.83. The SMILES string of the molecule is Nc1cc(S(=O)(=O)NCC2CCCO2)c(F)cc1F. The van der Waals surface area contributed by atoms with Crippen molar-refractivity contribution in [3.63, 3.8) is 0 Å². The number of nitrogens with two attached hydrogens (primary N) is 1. The zero-order valence-corrected chi connectivity index (χ0v) is 10.8. The van der Waals surface area contributed by atoms with Crippen LogP contribution in [0, 0.1) is 11.6 Å². The Morgan fingerprint density at radius 1 is 1.37 bits per heavy atom. The van der Waals surface area contributed by atoms with Crippen LogP contribution in [0.25, 0.3) is 0 Å². The molecule has 0 radical (unpaired) electrons. The molecule has 1 aliphatic rings. The number of rotatable bonds is 4. The van der Waals surface area contributed by atoms with Crippen LogP contribution in [0.2, 0.25) is 0 Å². The van der Waals surface area contributed by atoms with Gasteiger partial charge < -0.3 is 10.5 Å². The second-order valence-electron chi connectivity index (χ2n) is 4.29. The van der Waals surface area contributed by atoms with E-state index in [1.54, 1.807) is 0 Å². The third kappa shape index (κ3) is 3.20. The average molecular weight is 292 g/mol. The third-order valence-corrected chi connectivity index (χ3v) is 4.30. The summed E-state index contributed by atoms with van der Waals surface area (Å²) in [6.07, 6.45) is 1.40. The van der Waals surface area contributed by atoms with E-state index in [0.29, 0.717) is 12.7 Å². The maximum atomic E-state index is 13.5. The Bertz CT molecular complexity index is 572. The molecule has 0 bridgehead atoms. The molecular formula is C11H14F2N2O3S. The Labute approximate surface area is 109 Å². The van der Waals surface area contributed by atoms with Gasteiger partial charge in [0.15, 0.2) is 0 Å². The summed E-state index contributed by atoms with van der Waals surface area (Å²) in [6.45, 7) is 0.642. The van der Waals surface area contributed by atoms with Gasteiger partial charge in [-0.05, 0) is 18.9 Å². The van der Waals surface area contributed by atoms with Crippen LogP contribution in [0.1, 0.15) is 12.8 Å². The molecule has 1 aliphatic heterocycles. The minimum Gasteiger partial charge on any atom is -0.396 e. The molecule has 1 unspecified atom stereocenters. The van der Waals surface area contributed by atoms with Crippen molar-refractivity contribution >= 4 is 15.7 Å². The number of halogens is 2. The van der Waals surface area contributed by atoms with Crippen LogP contribution in [-0.2, 0) is 14.8 Å². The number of nitrogens with one attached hydrogen (secondary N) is 1. The molecule has 0 spiro atoms. The predicted molar refractivity (Wildman–Crippen MR) is 64.9 cm³/mol. The number of nitrogen functional groups attached to an aromatic ring is 1. The Balaban J connectivity index is 2.16. The lowest BCUT2D eigenvalue weighted by molar-refractivity contribution is 0.114. The fourth-order valence-corrected chi connectivity index (χ4v) is 3.00. The highest BCUT2D eigenvalue weighted by molar-refractivity contribution is 7.89. The van der Waals surface area contributed by atoms with Crippen LogP contribution in [0.15, 0.2) is 17.0 Å². The van der Waals surface area contributed by atoms with E-state index in [-0.39, 0.29) is 12.6 Å². The first-order chi connectivity index (χ1) is 8.90. The van der Waals surface area contributed by atoms with Crippen LogP contribution in [0.5, 0.6) is 0 Å². The number of hydrogen-bond acceptors (Lipinski definition) is 4. The molecule has 1 fully saturated rings. The Hall–Kier alpha value is -1.25. The van der Waals surface area contributed by atoms with Gasteiger partial charge in [0.1, 0.15) is 16.5 Å². The summed E-state index contributed by atoms with van der Waals surface area (Å²) >= 11 is 0. The summed E-state index contributed by atoms with van der Waals surface area (Å²) in [6, 6.07) is 1.22. The van der Waals surface area contributed by atoms with E-state index in [1.165, 1.54) is 0 Å². The Morgan fingerprint density at radius 3 is 2.74 bits per heavy atom. The lowest BCUT2D eigenvalue weighted by atomic mass is 10.2. The Morgan fingerprint density at radius 2 is 2.11 bits per heavy atom. The van der Waals surface area contributed by atoms with E-state index in [9.17, 15) is 17.2 Å². The van der Waals surface area contributed by atoms with Crippen molar-refractivity contribution < 1.29 is 21.9 Å². The molecule has 1 atom stereocenters. The third-order valence-electron chi connectivity index (χ3n) is 2.87. The molecule has 1 aromatic rings. The highest BCUT2D eigenvalue weighted by Crippen LogP contribution is 2.21. The lowest BCUT2D eigenvalue weighted by Gasteiger charge is -2.12.